The van der Waals surface area contributed by atoms with Gasteiger partial charge in [0.15, 0.2) is 5.65 Å². The van der Waals surface area contributed by atoms with E-state index >= 15 is 0 Å². The fraction of sp³-hybridized carbons (Fsp3) is 0.435. The molecule has 0 aliphatic carbocycles. The Morgan fingerprint density at radius 2 is 1.97 bits per heavy atom. The zero-order valence-electron chi connectivity index (χ0n) is 18.1. The number of benzene rings is 1. The highest BCUT2D eigenvalue weighted by Crippen LogP contribution is 2.22. The monoisotopic (exact) mass is 424 g/mol. The van der Waals surface area contributed by atoms with Gasteiger partial charge in [-0.3, -0.25) is 9.47 Å². The largest absolute Gasteiger partial charge is 0.338 e. The zero-order chi connectivity index (χ0) is 21.8. The Balaban J connectivity index is 1.45. The summed E-state index contributed by atoms with van der Waals surface area (Å²) in [5.74, 6) is 1.09. The first-order chi connectivity index (χ1) is 15.0. The van der Waals surface area contributed by atoms with Crippen LogP contribution < -0.4 is 5.32 Å². The Hall–Kier alpha value is -3.00. The number of piperazine rings is 1. The van der Waals surface area contributed by atoms with E-state index in [1.54, 1.807) is 12.3 Å². The van der Waals surface area contributed by atoms with Crippen LogP contribution in [-0.2, 0) is 6.54 Å². The normalized spacial score (nSPS) is 15.0. The smallest absolute Gasteiger partial charge is 0.317 e. The van der Waals surface area contributed by atoms with Crippen molar-refractivity contribution < 1.29 is 9.18 Å². The number of hydrogen-bond acceptors (Lipinski definition) is 4. The molecule has 0 radical (unpaired) electrons. The molecule has 1 saturated heterocycles. The third kappa shape index (κ3) is 5.02. The first kappa shape index (κ1) is 21.2. The van der Waals surface area contributed by atoms with Crippen LogP contribution in [0.3, 0.4) is 0 Å². The molecule has 1 fully saturated rings. The summed E-state index contributed by atoms with van der Waals surface area (Å²) in [6, 6.07) is 10.3. The first-order valence-corrected chi connectivity index (χ1v) is 10.8. The van der Waals surface area contributed by atoms with Crippen LogP contribution >= 0.6 is 0 Å². The van der Waals surface area contributed by atoms with Crippen molar-refractivity contribution in [3.8, 4) is 5.69 Å². The number of urea groups is 1. The molecule has 1 aromatic carbocycles. The number of hydrogen-bond donors (Lipinski definition) is 1. The van der Waals surface area contributed by atoms with Crippen LogP contribution in [0, 0.1) is 11.7 Å². The molecule has 3 heterocycles. The number of carbonyl (C=O) groups is 1. The van der Waals surface area contributed by atoms with E-state index in [9.17, 15) is 9.18 Å². The van der Waals surface area contributed by atoms with Gasteiger partial charge in [-0.25, -0.2) is 19.2 Å². The molecule has 0 saturated carbocycles. The summed E-state index contributed by atoms with van der Waals surface area (Å²) < 4.78 is 15.8. The number of rotatable bonds is 6. The quantitative estimate of drug-likeness (QED) is 0.658. The van der Waals surface area contributed by atoms with E-state index < -0.39 is 0 Å². The lowest BCUT2D eigenvalue weighted by molar-refractivity contribution is 0.133. The average molecular weight is 425 g/mol. The van der Waals surface area contributed by atoms with E-state index in [2.05, 4.69) is 29.0 Å². The Bertz CT molecular complexity index is 1040. The third-order valence-corrected chi connectivity index (χ3v) is 5.57. The van der Waals surface area contributed by atoms with Gasteiger partial charge in [0.05, 0.1) is 12.2 Å². The minimum atomic E-state index is -0.293. The summed E-state index contributed by atoms with van der Waals surface area (Å²) in [4.78, 5) is 25.8. The van der Waals surface area contributed by atoms with Gasteiger partial charge in [0.25, 0.3) is 0 Å². The Kier molecular flexibility index (Phi) is 6.46. The number of halogens is 1. The molecule has 1 aliphatic heterocycles. The van der Waals surface area contributed by atoms with Gasteiger partial charge in [-0.05, 0) is 42.7 Å². The van der Waals surface area contributed by atoms with Crippen molar-refractivity contribution in [3.05, 3.63) is 54.2 Å². The van der Waals surface area contributed by atoms with Crippen molar-refractivity contribution in [1.82, 2.24) is 29.7 Å². The molecule has 2 aromatic heterocycles. The lowest BCUT2D eigenvalue weighted by Gasteiger charge is -2.34. The van der Waals surface area contributed by atoms with Crippen molar-refractivity contribution >= 4 is 17.2 Å². The van der Waals surface area contributed by atoms with Gasteiger partial charge in [-0.2, -0.15) is 0 Å². The number of fused-ring (bicyclic) bond motifs is 1. The molecule has 7 nitrogen and oxygen atoms in total. The van der Waals surface area contributed by atoms with E-state index in [0.29, 0.717) is 43.4 Å². The average Bonchev–Trinajstić information content (AvgIpc) is 3.11. The number of nitrogens with zero attached hydrogens (tertiary/aromatic N) is 5. The first-order valence-electron chi connectivity index (χ1n) is 10.8. The fourth-order valence-corrected chi connectivity index (χ4v) is 3.84. The molecule has 1 aliphatic rings. The Morgan fingerprint density at radius 3 is 2.71 bits per heavy atom. The summed E-state index contributed by atoms with van der Waals surface area (Å²) in [7, 11) is 0. The Labute approximate surface area is 181 Å². The molecule has 0 bridgehead atoms. The molecule has 164 valence electrons. The summed E-state index contributed by atoms with van der Waals surface area (Å²) in [6.45, 7) is 8.49. The van der Waals surface area contributed by atoms with Crippen molar-refractivity contribution in [2.75, 3.05) is 32.7 Å². The predicted molar refractivity (Wildman–Crippen MR) is 119 cm³/mol. The van der Waals surface area contributed by atoms with E-state index in [4.69, 9.17) is 4.98 Å². The molecular formula is C23H29FN6O. The molecule has 2 amide bonds. The summed E-state index contributed by atoms with van der Waals surface area (Å²) in [5.41, 5.74) is 2.20. The standard InChI is InChI=1S/C23H29FN6O/c1-17(2)8-10-26-23(31)29-13-11-28(12-14-29)16-21-27-20-7-4-9-25-22(20)30(21)19-6-3-5-18(24)15-19/h3-7,9,15,17H,8,10-14,16H2,1-2H3,(H,26,31). The van der Waals surface area contributed by atoms with Gasteiger partial charge < -0.3 is 10.2 Å². The van der Waals surface area contributed by atoms with Crippen LogP contribution in [0.25, 0.3) is 16.9 Å². The van der Waals surface area contributed by atoms with Crippen molar-refractivity contribution in [2.45, 2.75) is 26.8 Å². The molecule has 1 N–H and O–H groups in total. The number of pyridine rings is 1. The summed E-state index contributed by atoms with van der Waals surface area (Å²) in [5, 5.41) is 3.01. The van der Waals surface area contributed by atoms with Gasteiger partial charge in [-0.15, -0.1) is 0 Å². The predicted octanol–water partition coefficient (Wildman–Crippen LogP) is 3.43. The minimum Gasteiger partial charge on any atom is -0.338 e. The van der Waals surface area contributed by atoms with Gasteiger partial charge in [0.2, 0.25) is 0 Å². The van der Waals surface area contributed by atoms with Crippen molar-refractivity contribution in [1.29, 1.82) is 0 Å². The van der Waals surface area contributed by atoms with E-state index in [-0.39, 0.29) is 11.8 Å². The number of amides is 2. The molecule has 3 aromatic rings. The van der Waals surface area contributed by atoms with Crippen molar-refractivity contribution in [2.24, 2.45) is 5.92 Å². The van der Waals surface area contributed by atoms with Gasteiger partial charge in [0, 0.05) is 38.9 Å². The van der Waals surface area contributed by atoms with Crippen LogP contribution in [0.1, 0.15) is 26.1 Å². The molecule has 8 heteroatoms. The van der Waals surface area contributed by atoms with Crippen LogP contribution in [-0.4, -0.2) is 63.1 Å². The topological polar surface area (TPSA) is 66.3 Å². The van der Waals surface area contributed by atoms with Gasteiger partial charge >= 0.3 is 6.03 Å². The lowest BCUT2D eigenvalue weighted by Crippen LogP contribution is -2.51. The number of carbonyl (C=O) groups excluding carboxylic acids is 1. The molecule has 0 unspecified atom stereocenters. The highest BCUT2D eigenvalue weighted by atomic mass is 19.1. The Morgan fingerprint density at radius 1 is 1.16 bits per heavy atom. The second-order valence-electron chi connectivity index (χ2n) is 8.37. The summed E-state index contributed by atoms with van der Waals surface area (Å²) >= 11 is 0. The van der Waals surface area contributed by atoms with Gasteiger partial charge in [-0.1, -0.05) is 19.9 Å². The maximum Gasteiger partial charge on any atom is 0.317 e. The van der Waals surface area contributed by atoms with Gasteiger partial charge in [0.1, 0.15) is 17.2 Å². The van der Waals surface area contributed by atoms with E-state index in [1.165, 1.54) is 12.1 Å². The minimum absolute atomic E-state index is 0.0106. The molecule has 0 atom stereocenters. The molecular weight excluding hydrogens is 395 g/mol. The third-order valence-electron chi connectivity index (χ3n) is 5.57. The highest BCUT2D eigenvalue weighted by molar-refractivity contribution is 5.74. The molecule has 31 heavy (non-hydrogen) atoms. The second-order valence-corrected chi connectivity index (χ2v) is 8.37. The van der Waals surface area contributed by atoms with Crippen LogP contribution in [0.4, 0.5) is 9.18 Å². The highest BCUT2D eigenvalue weighted by Gasteiger charge is 2.23. The zero-order valence-corrected chi connectivity index (χ0v) is 18.1. The van der Waals surface area contributed by atoms with E-state index in [1.807, 2.05) is 27.7 Å². The second kappa shape index (κ2) is 9.43. The lowest BCUT2D eigenvalue weighted by atomic mass is 10.1. The maximum atomic E-state index is 13.9. The van der Waals surface area contributed by atoms with Crippen LogP contribution in [0.5, 0.6) is 0 Å². The van der Waals surface area contributed by atoms with E-state index in [0.717, 1.165) is 30.9 Å². The maximum absolute atomic E-state index is 13.9. The molecule has 4 rings (SSSR count). The number of nitrogens with one attached hydrogen (secondary N) is 1. The number of aromatic nitrogens is 3. The van der Waals surface area contributed by atoms with Crippen LogP contribution in [0.2, 0.25) is 0 Å². The summed E-state index contributed by atoms with van der Waals surface area (Å²) in [6.07, 6.45) is 2.70. The van der Waals surface area contributed by atoms with Crippen molar-refractivity contribution in [3.63, 3.8) is 0 Å². The fourth-order valence-electron chi connectivity index (χ4n) is 3.84. The SMILES string of the molecule is CC(C)CCNC(=O)N1CCN(Cc2nc3cccnc3n2-c2cccc(F)c2)CC1. The number of imidazole rings is 1. The molecule has 0 spiro atoms. The van der Waals surface area contributed by atoms with Crippen LogP contribution in [0.15, 0.2) is 42.6 Å².